The first kappa shape index (κ1) is 19.6. The lowest BCUT2D eigenvalue weighted by Gasteiger charge is -2.55. The molecular formula is C19H29N3O5. The van der Waals surface area contributed by atoms with Crippen molar-refractivity contribution in [3.05, 3.63) is 0 Å². The van der Waals surface area contributed by atoms with Crippen molar-refractivity contribution in [3.8, 4) is 0 Å². The molecule has 4 amide bonds. The van der Waals surface area contributed by atoms with E-state index in [-0.39, 0.29) is 23.8 Å². The standard InChI is InChI=1S/C19H29N3O5/c1-10(2)15(16(24)22-18(20)26)27-14(23)9-21-17(25)19-6-11-3-12(7-19)5-13(4-11)8-19/h10-13,15H,3-9H2,1-2H3,(H,21,25)(H3,20,22,24,26)/t11?,12?,13?,15-,19?/m0/s1. The van der Waals surface area contributed by atoms with E-state index in [1.54, 1.807) is 13.8 Å². The minimum absolute atomic E-state index is 0.0683. The number of rotatable bonds is 6. The molecule has 0 saturated heterocycles. The molecule has 4 saturated carbocycles. The third-order valence-electron chi connectivity index (χ3n) is 6.28. The molecular weight excluding hydrogens is 350 g/mol. The summed E-state index contributed by atoms with van der Waals surface area (Å²) >= 11 is 0. The van der Waals surface area contributed by atoms with Gasteiger partial charge in [-0.15, -0.1) is 0 Å². The van der Waals surface area contributed by atoms with Crippen LogP contribution in [0.2, 0.25) is 0 Å². The van der Waals surface area contributed by atoms with E-state index in [4.69, 9.17) is 10.5 Å². The Morgan fingerprint density at radius 3 is 2.00 bits per heavy atom. The number of nitrogens with two attached hydrogens (primary N) is 1. The molecule has 0 aromatic heterocycles. The Labute approximate surface area is 158 Å². The Hall–Kier alpha value is -2.12. The first-order chi connectivity index (χ1) is 12.7. The number of nitrogens with one attached hydrogen (secondary N) is 2. The van der Waals surface area contributed by atoms with Crippen LogP contribution < -0.4 is 16.4 Å². The van der Waals surface area contributed by atoms with Gasteiger partial charge in [0.05, 0.1) is 0 Å². The summed E-state index contributed by atoms with van der Waals surface area (Å²) in [6.45, 7) is 3.09. The maximum Gasteiger partial charge on any atom is 0.326 e. The van der Waals surface area contributed by atoms with Gasteiger partial charge in [-0.2, -0.15) is 0 Å². The number of imide groups is 1. The van der Waals surface area contributed by atoms with E-state index in [0.29, 0.717) is 17.8 Å². The number of hydrogen-bond acceptors (Lipinski definition) is 5. The van der Waals surface area contributed by atoms with E-state index >= 15 is 0 Å². The number of esters is 1. The molecule has 27 heavy (non-hydrogen) atoms. The normalized spacial score (nSPS) is 32.0. The van der Waals surface area contributed by atoms with Gasteiger partial charge in [-0.25, -0.2) is 4.79 Å². The molecule has 8 nitrogen and oxygen atoms in total. The van der Waals surface area contributed by atoms with Crippen LogP contribution in [0.3, 0.4) is 0 Å². The molecule has 4 bridgehead atoms. The summed E-state index contributed by atoms with van der Waals surface area (Å²) in [6.07, 6.45) is 5.31. The minimum atomic E-state index is -1.14. The molecule has 0 spiro atoms. The Bertz CT molecular complexity index is 610. The number of primary amides is 1. The Morgan fingerprint density at radius 2 is 1.56 bits per heavy atom. The smallest absolute Gasteiger partial charge is 0.326 e. The zero-order chi connectivity index (χ0) is 19.8. The highest BCUT2D eigenvalue weighted by Gasteiger charge is 2.54. The molecule has 0 unspecified atom stereocenters. The number of urea groups is 1. The summed E-state index contributed by atoms with van der Waals surface area (Å²) in [4.78, 5) is 47.7. The summed E-state index contributed by atoms with van der Waals surface area (Å²) in [6, 6.07) is -1.00. The third-order valence-corrected chi connectivity index (χ3v) is 6.28. The van der Waals surface area contributed by atoms with Crippen molar-refractivity contribution < 1.29 is 23.9 Å². The second kappa shape index (κ2) is 7.48. The average Bonchev–Trinajstić information content (AvgIpc) is 2.55. The Morgan fingerprint density at radius 1 is 1.04 bits per heavy atom. The zero-order valence-corrected chi connectivity index (χ0v) is 16.0. The molecule has 4 N–H and O–H groups in total. The third kappa shape index (κ3) is 4.25. The Kier molecular flexibility index (Phi) is 5.44. The molecule has 0 heterocycles. The molecule has 4 aliphatic rings. The molecule has 0 radical (unpaired) electrons. The number of hydrogen-bond donors (Lipinski definition) is 3. The first-order valence-electron chi connectivity index (χ1n) is 9.76. The molecule has 0 aliphatic heterocycles. The quantitative estimate of drug-likeness (QED) is 0.595. The highest BCUT2D eigenvalue weighted by atomic mass is 16.5. The lowest BCUT2D eigenvalue weighted by molar-refractivity contribution is -0.159. The highest BCUT2D eigenvalue weighted by Crippen LogP contribution is 2.60. The molecule has 150 valence electrons. The molecule has 4 aliphatic carbocycles. The lowest BCUT2D eigenvalue weighted by Crippen LogP contribution is -2.54. The van der Waals surface area contributed by atoms with Crippen LogP contribution in [-0.4, -0.2) is 36.5 Å². The van der Waals surface area contributed by atoms with E-state index in [2.05, 4.69) is 5.32 Å². The van der Waals surface area contributed by atoms with E-state index in [1.165, 1.54) is 19.3 Å². The molecule has 8 heteroatoms. The zero-order valence-electron chi connectivity index (χ0n) is 16.0. The van der Waals surface area contributed by atoms with Crippen molar-refractivity contribution in [2.45, 2.75) is 58.5 Å². The van der Waals surface area contributed by atoms with Gasteiger partial charge in [0.15, 0.2) is 6.10 Å². The van der Waals surface area contributed by atoms with Gasteiger partial charge in [-0.1, -0.05) is 13.8 Å². The van der Waals surface area contributed by atoms with Crippen LogP contribution in [0.5, 0.6) is 0 Å². The van der Waals surface area contributed by atoms with Crippen molar-refractivity contribution in [3.63, 3.8) is 0 Å². The van der Waals surface area contributed by atoms with Gasteiger partial charge in [0.1, 0.15) is 6.54 Å². The number of carbonyl (C=O) groups excluding carboxylic acids is 4. The fraction of sp³-hybridized carbons (Fsp3) is 0.789. The van der Waals surface area contributed by atoms with Gasteiger partial charge in [0.25, 0.3) is 5.91 Å². The van der Waals surface area contributed by atoms with Gasteiger partial charge < -0.3 is 15.8 Å². The van der Waals surface area contributed by atoms with Crippen molar-refractivity contribution in [2.24, 2.45) is 34.8 Å². The maximum absolute atomic E-state index is 12.8. The van der Waals surface area contributed by atoms with Crippen molar-refractivity contribution in [1.29, 1.82) is 0 Å². The largest absolute Gasteiger partial charge is 0.451 e. The van der Waals surface area contributed by atoms with Crippen LogP contribution in [0, 0.1) is 29.1 Å². The van der Waals surface area contributed by atoms with E-state index < -0.39 is 24.0 Å². The van der Waals surface area contributed by atoms with Gasteiger partial charge in [-0.05, 0) is 62.2 Å². The molecule has 4 rings (SSSR count). The highest BCUT2D eigenvalue weighted by molar-refractivity contribution is 5.97. The minimum Gasteiger partial charge on any atom is -0.451 e. The average molecular weight is 379 g/mol. The molecule has 0 aromatic carbocycles. The van der Waals surface area contributed by atoms with E-state index in [0.717, 1.165) is 19.3 Å². The van der Waals surface area contributed by atoms with Crippen molar-refractivity contribution in [1.82, 2.24) is 10.6 Å². The van der Waals surface area contributed by atoms with Crippen LogP contribution in [0.25, 0.3) is 0 Å². The molecule has 4 fully saturated rings. The molecule has 1 atom stereocenters. The van der Waals surface area contributed by atoms with Crippen molar-refractivity contribution >= 4 is 23.8 Å². The summed E-state index contributed by atoms with van der Waals surface area (Å²) < 4.78 is 5.17. The second-order valence-electron chi connectivity index (χ2n) is 8.89. The molecule has 0 aromatic rings. The Balaban J connectivity index is 1.53. The van der Waals surface area contributed by atoms with Gasteiger partial charge in [-0.3, -0.25) is 19.7 Å². The van der Waals surface area contributed by atoms with E-state index in [1.807, 2.05) is 5.32 Å². The SMILES string of the molecule is CC(C)[C@H](OC(=O)CNC(=O)C12CC3CC(CC(C3)C1)C2)C(=O)NC(N)=O. The fourth-order valence-corrected chi connectivity index (χ4v) is 5.60. The lowest BCUT2D eigenvalue weighted by atomic mass is 9.49. The van der Waals surface area contributed by atoms with Crippen LogP contribution in [0.4, 0.5) is 4.79 Å². The van der Waals surface area contributed by atoms with Crippen LogP contribution in [0.15, 0.2) is 0 Å². The van der Waals surface area contributed by atoms with Gasteiger partial charge in [0.2, 0.25) is 5.91 Å². The van der Waals surface area contributed by atoms with Crippen LogP contribution in [0.1, 0.15) is 52.4 Å². The van der Waals surface area contributed by atoms with Gasteiger partial charge >= 0.3 is 12.0 Å². The fourth-order valence-electron chi connectivity index (χ4n) is 5.60. The van der Waals surface area contributed by atoms with Crippen LogP contribution >= 0.6 is 0 Å². The predicted octanol–water partition coefficient (Wildman–Crippen LogP) is 1.08. The summed E-state index contributed by atoms with van der Waals surface area (Å²) in [5, 5.41) is 4.65. The van der Waals surface area contributed by atoms with Gasteiger partial charge in [0, 0.05) is 5.41 Å². The predicted molar refractivity (Wildman–Crippen MR) is 96.1 cm³/mol. The summed E-state index contributed by atoms with van der Waals surface area (Å²) in [5.74, 6) is 0.0309. The second-order valence-corrected chi connectivity index (χ2v) is 8.89. The number of ether oxygens (including phenoxy) is 1. The monoisotopic (exact) mass is 379 g/mol. The first-order valence-corrected chi connectivity index (χ1v) is 9.76. The topological polar surface area (TPSA) is 128 Å². The summed E-state index contributed by atoms with van der Waals surface area (Å²) in [5.41, 5.74) is 4.60. The van der Waals surface area contributed by atoms with E-state index in [9.17, 15) is 19.2 Å². The summed E-state index contributed by atoms with van der Waals surface area (Å²) in [7, 11) is 0. The van der Waals surface area contributed by atoms with Crippen molar-refractivity contribution in [2.75, 3.05) is 6.54 Å². The van der Waals surface area contributed by atoms with Crippen LogP contribution in [-0.2, 0) is 19.1 Å². The number of amides is 4. The number of carbonyl (C=O) groups is 4. The maximum atomic E-state index is 12.8.